The first-order chi connectivity index (χ1) is 9.65. The van der Waals surface area contributed by atoms with E-state index in [9.17, 15) is 0 Å². The van der Waals surface area contributed by atoms with Crippen molar-refractivity contribution in [1.82, 2.24) is 9.78 Å². The van der Waals surface area contributed by atoms with E-state index in [4.69, 9.17) is 17.3 Å². The van der Waals surface area contributed by atoms with Crippen molar-refractivity contribution < 1.29 is 0 Å². The number of hydrogen-bond acceptors (Lipinski definition) is 2. The summed E-state index contributed by atoms with van der Waals surface area (Å²) in [4.78, 5) is 0. The number of benzene rings is 2. The van der Waals surface area contributed by atoms with Gasteiger partial charge in [0.1, 0.15) is 5.69 Å². The molecule has 3 nitrogen and oxygen atoms in total. The van der Waals surface area contributed by atoms with Crippen molar-refractivity contribution in [1.29, 1.82) is 0 Å². The highest BCUT2D eigenvalue weighted by Gasteiger charge is 2.12. The zero-order chi connectivity index (χ0) is 14.1. The molecule has 5 heteroatoms. The molecule has 0 aliphatic carbocycles. The van der Waals surface area contributed by atoms with Gasteiger partial charge in [0.05, 0.1) is 22.6 Å². The lowest BCUT2D eigenvalue weighted by Crippen LogP contribution is -1.94. The maximum atomic E-state index is 6.20. The fourth-order valence-corrected chi connectivity index (χ4v) is 2.47. The van der Waals surface area contributed by atoms with Crippen LogP contribution in [0.15, 0.2) is 59.2 Å². The summed E-state index contributed by atoms with van der Waals surface area (Å²) in [5, 5.41) is 5.17. The van der Waals surface area contributed by atoms with Gasteiger partial charge in [-0.25, -0.2) is 4.68 Å². The Labute approximate surface area is 130 Å². The van der Waals surface area contributed by atoms with Crippen molar-refractivity contribution in [3.63, 3.8) is 0 Å². The highest BCUT2D eigenvalue weighted by molar-refractivity contribution is 9.10. The van der Waals surface area contributed by atoms with Crippen LogP contribution in [0.3, 0.4) is 0 Å². The molecule has 0 radical (unpaired) electrons. The lowest BCUT2D eigenvalue weighted by atomic mass is 10.1. The Bertz CT molecular complexity index is 750. The van der Waals surface area contributed by atoms with Crippen LogP contribution in [0.2, 0.25) is 5.02 Å². The number of halogens is 2. The summed E-state index contributed by atoms with van der Waals surface area (Å²) < 4.78 is 2.77. The second-order valence-corrected chi connectivity index (χ2v) is 5.66. The van der Waals surface area contributed by atoms with E-state index in [1.807, 2.05) is 48.5 Å². The first kappa shape index (κ1) is 13.2. The Morgan fingerprint density at radius 2 is 1.75 bits per heavy atom. The van der Waals surface area contributed by atoms with E-state index in [-0.39, 0.29) is 0 Å². The molecular formula is C15H11BrClN3. The van der Waals surface area contributed by atoms with Crippen LogP contribution in [0.5, 0.6) is 0 Å². The first-order valence-electron chi connectivity index (χ1n) is 6.01. The summed E-state index contributed by atoms with van der Waals surface area (Å²) in [5.74, 6) is 0. The number of aromatic nitrogens is 2. The van der Waals surface area contributed by atoms with Gasteiger partial charge < -0.3 is 5.73 Å². The Kier molecular flexibility index (Phi) is 3.51. The Hall–Kier alpha value is -1.78. The number of nitrogen functional groups attached to an aromatic ring is 1. The van der Waals surface area contributed by atoms with Gasteiger partial charge in [-0.05, 0) is 30.3 Å². The van der Waals surface area contributed by atoms with E-state index in [1.54, 1.807) is 10.9 Å². The minimum absolute atomic E-state index is 0.598. The monoisotopic (exact) mass is 347 g/mol. The molecule has 2 N–H and O–H groups in total. The fraction of sp³-hybridized carbons (Fsp3) is 0. The number of nitrogens with zero attached hydrogens (tertiary/aromatic N) is 2. The summed E-state index contributed by atoms with van der Waals surface area (Å²) in [6.45, 7) is 0. The van der Waals surface area contributed by atoms with Crippen LogP contribution in [0.25, 0.3) is 16.9 Å². The largest absolute Gasteiger partial charge is 0.396 e. The third-order valence-electron chi connectivity index (χ3n) is 2.96. The van der Waals surface area contributed by atoms with Gasteiger partial charge in [0, 0.05) is 10.0 Å². The van der Waals surface area contributed by atoms with Crippen LogP contribution in [0, 0.1) is 0 Å². The van der Waals surface area contributed by atoms with Crippen molar-refractivity contribution in [3.8, 4) is 16.9 Å². The van der Waals surface area contributed by atoms with Crippen LogP contribution in [-0.4, -0.2) is 9.78 Å². The van der Waals surface area contributed by atoms with Crippen LogP contribution in [0.1, 0.15) is 0 Å². The molecule has 20 heavy (non-hydrogen) atoms. The molecule has 0 bridgehead atoms. The molecular weight excluding hydrogens is 338 g/mol. The van der Waals surface area contributed by atoms with Crippen molar-refractivity contribution in [2.24, 2.45) is 0 Å². The van der Waals surface area contributed by atoms with Crippen molar-refractivity contribution in [2.75, 3.05) is 5.73 Å². The van der Waals surface area contributed by atoms with Crippen LogP contribution < -0.4 is 5.73 Å². The van der Waals surface area contributed by atoms with E-state index in [1.165, 1.54) is 0 Å². The van der Waals surface area contributed by atoms with Gasteiger partial charge in [-0.2, -0.15) is 5.10 Å². The van der Waals surface area contributed by atoms with E-state index in [0.29, 0.717) is 16.4 Å². The third kappa shape index (κ3) is 2.44. The number of anilines is 1. The number of rotatable bonds is 2. The van der Waals surface area contributed by atoms with Crippen molar-refractivity contribution in [2.45, 2.75) is 0 Å². The standard InChI is InChI=1S/C15H11BrClN3/c16-10-5-7-11(8-6-10)20-9-14(18)15(19-20)12-3-1-2-4-13(12)17/h1-9H,18H2. The molecule has 0 aliphatic heterocycles. The minimum atomic E-state index is 0.598. The SMILES string of the molecule is Nc1cn(-c2ccc(Br)cc2)nc1-c1ccccc1Cl. The quantitative estimate of drug-likeness (QED) is 0.739. The van der Waals surface area contributed by atoms with E-state index < -0.39 is 0 Å². The molecule has 0 spiro atoms. The Morgan fingerprint density at radius 1 is 1.05 bits per heavy atom. The minimum Gasteiger partial charge on any atom is -0.396 e. The highest BCUT2D eigenvalue weighted by atomic mass is 79.9. The van der Waals surface area contributed by atoms with Crippen molar-refractivity contribution >= 4 is 33.2 Å². The molecule has 3 rings (SSSR count). The molecule has 1 heterocycles. The van der Waals surface area contributed by atoms with Gasteiger partial charge >= 0.3 is 0 Å². The van der Waals surface area contributed by atoms with E-state index in [2.05, 4.69) is 21.0 Å². The molecule has 0 unspecified atom stereocenters. The average Bonchev–Trinajstić information content (AvgIpc) is 2.82. The lowest BCUT2D eigenvalue weighted by molar-refractivity contribution is 0.884. The van der Waals surface area contributed by atoms with Gasteiger partial charge in [0.15, 0.2) is 0 Å². The predicted octanol–water partition coefficient (Wildman–Crippen LogP) is 4.54. The van der Waals surface area contributed by atoms with Gasteiger partial charge in [-0.3, -0.25) is 0 Å². The molecule has 0 atom stereocenters. The second-order valence-electron chi connectivity index (χ2n) is 4.33. The summed E-state index contributed by atoms with van der Waals surface area (Å²) in [7, 11) is 0. The number of hydrogen-bond donors (Lipinski definition) is 1. The zero-order valence-corrected chi connectivity index (χ0v) is 12.8. The molecule has 0 saturated carbocycles. The maximum Gasteiger partial charge on any atom is 0.117 e. The molecule has 100 valence electrons. The van der Waals surface area contributed by atoms with Crippen molar-refractivity contribution in [3.05, 3.63) is 64.2 Å². The van der Waals surface area contributed by atoms with E-state index in [0.717, 1.165) is 15.7 Å². The summed E-state index contributed by atoms with van der Waals surface area (Å²) in [5.41, 5.74) is 9.13. The van der Waals surface area contributed by atoms with Gasteiger partial charge in [0.25, 0.3) is 0 Å². The third-order valence-corrected chi connectivity index (χ3v) is 3.82. The summed E-state index contributed by atoms with van der Waals surface area (Å²) >= 11 is 9.61. The normalized spacial score (nSPS) is 10.7. The second kappa shape index (κ2) is 5.31. The van der Waals surface area contributed by atoms with Gasteiger partial charge in [-0.15, -0.1) is 0 Å². The molecule has 0 amide bonds. The fourth-order valence-electron chi connectivity index (χ4n) is 1.98. The lowest BCUT2D eigenvalue weighted by Gasteiger charge is -2.02. The molecule has 2 aromatic carbocycles. The van der Waals surface area contributed by atoms with Crippen LogP contribution >= 0.6 is 27.5 Å². The molecule has 0 saturated heterocycles. The highest BCUT2D eigenvalue weighted by Crippen LogP contribution is 2.31. The van der Waals surface area contributed by atoms with Crippen LogP contribution in [0.4, 0.5) is 5.69 Å². The van der Waals surface area contributed by atoms with E-state index >= 15 is 0 Å². The van der Waals surface area contributed by atoms with Crippen LogP contribution in [-0.2, 0) is 0 Å². The molecule has 0 aliphatic rings. The Morgan fingerprint density at radius 3 is 2.45 bits per heavy atom. The average molecular weight is 349 g/mol. The molecule has 3 aromatic rings. The zero-order valence-electron chi connectivity index (χ0n) is 10.4. The molecule has 0 fully saturated rings. The first-order valence-corrected chi connectivity index (χ1v) is 7.18. The predicted molar refractivity (Wildman–Crippen MR) is 86.1 cm³/mol. The maximum absolute atomic E-state index is 6.20. The van der Waals surface area contributed by atoms with Gasteiger partial charge in [-0.1, -0.05) is 45.7 Å². The molecule has 1 aromatic heterocycles. The summed E-state index contributed by atoms with van der Waals surface area (Å²) in [6, 6.07) is 15.4. The smallest absolute Gasteiger partial charge is 0.117 e. The Balaban J connectivity index is 2.08. The topological polar surface area (TPSA) is 43.8 Å². The summed E-state index contributed by atoms with van der Waals surface area (Å²) in [6.07, 6.45) is 1.79. The number of nitrogens with two attached hydrogens (primary N) is 1. The van der Waals surface area contributed by atoms with Gasteiger partial charge in [0.2, 0.25) is 0 Å².